The summed E-state index contributed by atoms with van der Waals surface area (Å²) in [6, 6.07) is 0. The van der Waals surface area contributed by atoms with Gasteiger partial charge in [0.25, 0.3) is 0 Å². The standard InChI is InChI=1S/C11H14N2/c12-11-3-1-9(2-4-11)10-5-7-13-8-6-10/h1,3,5,7H,2,4,6,8,12H2. The lowest BCUT2D eigenvalue weighted by Gasteiger charge is -2.16. The topological polar surface area (TPSA) is 38.4 Å². The highest BCUT2D eigenvalue weighted by Gasteiger charge is 2.09. The predicted molar refractivity (Wildman–Crippen MR) is 55.6 cm³/mol. The van der Waals surface area contributed by atoms with Gasteiger partial charge < -0.3 is 5.73 Å². The van der Waals surface area contributed by atoms with Crippen LogP contribution in [0.5, 0.6) is 0 Å². The maximum atomic E-state index is 5.70. The summed E-state index contributed by atoms with van der Waals surface area (Å²) in [5, 5.41) is 0. The second-order valence-electron chi connectivity index (χ2n) is 3.43. The Morgan fingerprint density at radius 3 is 2.46 bits per heavy atom. The van der Waals surface area contributed by atoms with Gasteiger partial charge in [-0.2, -0.15) is 0 Å². The van der Waals surface area contributed by atoms with Crippen LogP contribution in [0.15, 0.2) is 40.1 Å². The average Bonchev–Trinajstić information content (AvgIpc) is 2.20. The third kappa shape index (κ3) is 1.89. The van der Waals surface area contributed by atoms with E-state index in [-0.39, 0.29) is 0 Å². The zero-order valence-corrected chi connectivity index (χ0v) is 7.66. The summed E-state index contributed by atoms with van der Waals surface area (Å²) in [5.41, 5.74) is 9.55. The zero-order valence-electron chi connectivity index (χ0n) is 7.66. The van der Waals surface area contributed by atoms with E-state index in [0.29, 0.717) is 0 Å². The number of allylic oxidation sites excluding steroid dienone is 5. The quantitative estimate of drug-likeness (QED) is 0.648. The van der Waals surface area contributed by atoms with Gasteiger partial charge in [0, 0.05) is 18.5 Å². The molecule has 0 unspecified atom stereocenters. The number of nitrogens with zero attached hydrogens (tertiary/aromatic N) is 1. The number of hydrogen-bond acceptors (Lipinski definition) is 2. The van der Waals surface area contributed by atoms with Crippen molar-refractivity contribution in [1.29, 1.82) is 0 Å². The van der Waals surface area contributed by atoms with E-state index in [9.17, 15) is 0 Å². The SMILES string of the molecule is NC1=CC=C(C2=CC=NCC2)CC1. The average molecular weight is 174 g/mol. The summed E-state index contributed by atoms with van der Waals surface area (Å²) in [6.45, 7) is 0.933. The van der Waals surface area contributed by atoms with Crippen molar-refractivity contribution < 1.29 is 0 Å². The number of hydrogen-bond donors (Lipinski definition) is 1. The number of aliphatic imine (C=N–C) groups is 1. The smallest absolute Gasteiger partial charge is 0.0429 e. The van der Waals surface area contributed by atoms with Crippen molar-refractivity contribution in [2.24, 2.45) is 10.7 Å². The monoisotopic (exact) mass is 174 g/mol. The van der Waals surface area contributed by atoms with Crippen LogP contribution in [-0.2, 0) is 0 Å². The lowest BCUT2D eigenvalue weighted by Crippen LogP contribution is -2.05. The highest BCUT2D eigenvalue weighted by atomic mass is 14.7. The van der Waals surface area contributed by atoms with E-state index in [0.717, 1.165) is 31.5 Å². The summed E-state index contributed by atoms with van der Waals surface area (Å²) in [4.78, 5) is 4.17. The molecule has 1 aliphatic carbocycles. The van der Waals surface area contributed by atoms with Crippen LogP contribution < -0.4 is 5.73 Å². The molecule has 2 nitrogen and oxygen atoms in total. The first-order valence-corrected chi connectivity index (χ1v) is 4.71. The van der Waals surface area contributed by atoms with Crippen molar-refractivity contribution in [3.05, 3.63) is 35.1 Å². The molecule has 0 fully saturated rings. The van der Waals surface area contributed by atoms with Gasteiger partial charge in [-0.3, -0.25) is 4.99 Å². The second-order valence-corrected chi connectivity index (χ2v) is 3.43. The summed E-state index contributed by atoms with van der Waals surface area (Å²) in [5.74, 6) is 0. The molecule has 0 atom stereocenters. The first-order chi connectivity index (χ1) is 6.36. The Balaban J connectivity index is 2.17. The van der Waals surface area contributed by atoms with E-state index in [1.165, 1.54) is 11.1 Å². The molecule has 68 valence electrons. The lowest BCUT2D eigenvalue weighted by molar-refractivity contribution is 0.860. The fourth-order valence-corrected chi connectivity index (χ4v) is 1.67. The van der Waals surface area contributed by atoms with Gasteiger partial charge >= 0.3 is 0 Å². The van der Waals surface area contributed by atoms with Crippen molar-refractivity contribution in [3.8, 4) is 0 Å². The third-order valence-corrected chi connectivity index (χ3v) is 2.49. The van der Waals surface area contributed by atoms with Crippen molar-refractivity contribution in [2.45, 2.75) is 19.3 Å². The molecule has 0 bridgehead atoms. The first kappa shape index (κ1) is 8.30. The van der Waals surface area contributed by atoms with Gasteiger partial charge in [0.15, 0.2) is 0 Å². The fraction of sp³-hybridized carbons (Fsp3) is 0.364. The van der Waals surface area contributed by atoms with E-state index in [2.05, 4.69) is 17.1 Å². The van der Waals surface area contributed by atoms with Crippen LogP contribution in [0.1, 0.15) is 19.3 Å². The van der Waals surface area contributed by atoms with Gasteiger partial charge in [0.2, 0.25) is 0 Å². The van der Waals surface area contributed by atoms with Gasteiger partial charge in [0.1, 0.15) is 0 Å². The summed E-state index contributed by atoms with van der Waals surface area (Å²) in [7, 11) is 0. The van der Waals surface area contributed by atoms with Gasteiger partial charge in [-0.05, 0) is 42.6 Å². The number of rotatable bonds is 1. The van der Waals surface area contributed by atoms with Gasteiger partial charge in [-0.1, -0.05) is 6.08 Å². The molecule has 2 heteroatoms. The highest BCUT2D eigenvalue weighted by Crippen LogP contribution is 2.24. The third-order valence-electron chi connectivity index (χ3n) is 2.49. The van der Waals surface area contributed by atoms with E-state index in [1.54, 1.807) is 0 Å². The van der Waals surface area contributed by atoms with Crippen LogP contribution in [-0.4, -0.2) is 12.8 Å². The van der Waals surface area contributed by atoms with Crippen LogP contribution in [0.25, 0.3) is 0 Å². The molecule has 1 aliphatic heterocycles. The Kier molecular flexibility index (Phi) is 2.30. The minimum atomic E-state index is 0.933. The minimum absolute atomic E-state index is 0.933. The van der Waals surface area contributed by atoms with Crippen LogP contribution in [0, 0.1) is 0 Å². The van der Waals surface area contributed by atoms with Gasteiger partial charge in [0.05, 0.1) is 0 Å². The maximum Gasteiger partial charge on any atom is 0.0429 e. The van der Waals surface area contributed by atoms with E-state index in [4.69, 9.17) is 5.73 Å². The molecule has 2 N–H and O–H groups in total. The second kappa shape index (κ2) is 3.60. The molecule has 0 radical (unpaired) electrons. The molecule has 0 amide bonds. The zero-order chi connectivity index (χ0) is 9.10. The van der Waals surface area contributed by atoms with Crippen LogP contribution in [0.4, 0.5) is 0 Å². The van der Waals surface area contributed by atoms with Crippen molar-refractivity contribution in [3.63, 3.8) is 0 Å². The van der Waals surface area contributed by atoms with Crippen molar-refractivity contribution in [2.75, 3.05) is 6.54 Å². The normalized spacial score (nSPS) is 22.0. The van der Waals surface area contributed by atoms with Crippen LogP contribution in [0.3, 0.4) is 0 Å². The fourth-order valence-electron chi connectivity index (χ4n) is 1.67. The Bertz CT molecular complexity index is 319. The molecule has 0 saturated heterocycles. The molecule has 1 heterocycles. The maximum absolute atomic E-state index is 5.70. The lowest BCUT2D eigenvalue weighted by atomic mass is 9.93. The molecule has 0 spiro atoms. The molecule has 13 heavy (non-hydrogen) atoms. The Labute approximate surface area is 78.5 Å². The molecule has 0 aromatic carbocycles. The highest BCUT2D eigenvalue weighted by molar-refractivity contribution is 5.75. The van der Waals surface area contributed by atoms with E-state index < -0.39 is 0 Å². The van der Waals surface area contributed by atoms with Crippen molar-refractivity contribution >= 4 is 6.21 Å². The summed E-state index contributed by atoms with van der Waals surface area (Å²) >= 11 is 0. The first-order valence-electron chi connectivity index (χ1n) is 4.71. The molecule has 2 rings (SSSR count). The summed E-state index contributed by atoms with van der Waals surface area (Å²) < 4.78 is 0. The van der Waals surface area contributed by atoms with Crippen LogP contribution in [0.2, 0.25) is 0 Å². The Morgan fingerprint density at radius 2 is 1.85 bits per heavy atom. The number of nitrogens with two attached hydrogens (primary N) is 1. The Hall–Kier alpha value is -1.31. The predicted octanol–water partition coefficient (Wildman–Crippen LogP) is 1.95. The van der Waals surface area contributed by atoms with Gasteiger partial charge in [-0.15, -0.1) is 0 Å². The van der Waals surface area contributed by atoms with Gasteiger partial charge in [-0.25, -0.2) is 0 Å². The number of dihydropyridines is 1. The molecule has 0 saturated carbocycles. The summed E-state index contributed by atoms with van der Waals surface area (Å²) in [6.07, 6.45) is 11.3. The molecule has 0 aromatic heterocycles. The molecule has 0 aromatic rings. The van der Waals surface area contributed by atoms with Crippen molar-refractivity contribution in [1.82, 2.24) is 0 Å². The van der Waals surface area contributed by atoms with Crippen LogP contribution >= 0.6 is 0 Å². The van der Waals surface area contributed by atoms with E-state index in [1.807, 2.05) is 12.3 Å². The van der Waals surface area contributed by atoms with E-state index >= 15 is 0 Å². The molecule has 2 aliphatic rings. The Morgan fingerprint density at radius 1 is 1.00 bits per heavy atom. The largest absolute Gasteiger partial charge is 0.402 e. The molecular formula is C11H14N2. The minimum Gasteiger partial charge on any atom is -0.402 e. The molecular weight excluding hydrogens is 160 g/mol.